The van der Waals surface area contributed by atoms with E-state index in [1.165, 1.54) is 25.1 Å². The van der Waals surface area contributed by atoms with Crippen LogP contribution < -0.4 is 10.0 Å². The molecule has 130 valence electrons. The molecule has 0 unspecified atom stereocenters. The molecule has 2 rings (SSSR count). The predicted octanol–water partition coefficient (Wildman–Crippen LogP) is 3.33. The van der Waals surface area contributed by atoms with Crippen molar-refractivity contribution < 1.29 is 12.8 Å². The molecule has 8 heteroatoms. The van der Waals surface area contributed by atoms with E-state index in [1.54, 1.807) is 6.07 Å². The Morgan fingerprint density at radius 3 is 2.42 bits per heavy atom. The van der Waals surface area contributed by atoms with Crippen molar-refractivity contribution in [2.45, 2.75) is 38.0 Å². The smallest absolute Gasteiger partial charge is 0.263 e. The van der Waals surface area contributed by atoms with Crippen molar-refractivity contribution in [2.75, 3.05) is 16.6 Å². The van der Waals surface area contributed by atoms with Gasteiger partial charge in [-0.05, 0) is 49.2 Å². The van der Waals surface area contributed by atoms with Crippen LogP contribution in [0.3, 0.4) is 0 Å². The first-order valence-corrected chi connectivity index (χ1v) is 9.27. The molecule has 0 aliphatic rings. The van der Waals surface area contributed by atoms with E-state index < -0.39 is 15.8 Å². The van der Waals surface area contributed by atoms with Crippen molar-refractivity contribution in [3.63, 3.8) is 0 Å². The van der Waals surface area contributed by atoms with Crippen LogP contribution in [0.4, 0.5) is 16.0 Å². The molecule has 2 N–H and O–H groups in total. The van der Waals surface area contributed by atoms with Crippen molar-refractivity contribution >= 4 is 21.7 Å². The van der Waals surface area contributed by atoms with E-state index in [9.17, 15) is 12.8 Å². The minimum Gasteiger partial charge on any atom is -0.369 e. The van der Waals surface area contributed by atoms with Crippen LogP contribution in [-0.4, -0.2) is 25.2 Å². The Morgan fingerprint density at radius 2 is 1.79 bits per heavy atom. The zero-order valence-corrected chi connectivity index (χ0v) is 14.5. The number of aromatic nitrogens is 2. The van der Waals surface area contributed by atoms with Crippen molar-refractivity contribution in [1.29, 1.82) is 0 Å². The number of benzene rings is 1. The number of halogens is 1. The van der Waals surface area contributed by atoms with Gasteiger partial charge in [0.25, 0.3) is 10.0 Å². The number of unbranched alkanes of at least 4 members (excludes halogenated alkanes) is 2. The summed E-state index contributed by atoms with van der Waals surface area (Å²) in [5, 5.41) is 10.9. The molecule has 0 atom stereocenters. The fourth-order valence-corrected chi connectivity index (χ4v) is 3.40. The molecule has 0 saturated heterocycles. The Balaban J connectivity index is 2.04. The second-order valence-corrected chi connectivity index (χ2v) is 7.10. The summed E-state index contributed by atoms with van der Waals surface area (Å²) in [6.45, 7) is 4.46. The molecule has 0 amide bonds. The summed E-state index contributed by atoms with van der Waals surface area (Å²) in [4.78, 5) is 0.00691. The third-order valence-corrected chi connectivity index (χ3v) is 4.93. The zero-order chi connectivity index (χ0) is 17.6. The van der Waals surface area contributed by atoms with E-state index in [0.717, 1.165) is 31.9 Å². The highest BCUT2D eigenvalue weighted by molar-refractivity contribution is 7.92. The van der Waals surface area contributed by atoms with Crippen molar-refractivity contribution in [3.8, 4) is 0 Å². The molecule has 0 aliphatic carbocycles. The van der Waals surface area contributed by atoms with Crippen molar-refractivity contribution in [3.05, 3.63) is 41.7 Å². The average molecular weight is 352 g/mol. The highest BCUT2D eigenvalue weighted by Crippen LogP contribution is 2.19. The highest BCUT2D eigenvalue weighted by atomic mass is 32.2. The predicted molar refractivity (Wildman–Crippen MR) is 92.0 cm³/mol. The van der Waals surface area contributed by atoms with Crippen LogP contribution in [0.25, 0.3) is 0 Å². The van der Waals surface area contributed by atoms with Gasteiger partial charge in [-0.1, -0.05) is 19.8 Å². The summed E-state index contributed by atoms with van der Waals surface area (Å²) in [6.07, 6.45) is 3.31. The summed E-state index contributed by atoms with van der Waals surface area (Å²) in [5.41, 5.74) is 0.324. The zero-order valence-electron chi connectivity index (χ0n) is 13.7. The Labute approximate surface area is 141 Å². The van der Waals surface area contributed by atoms with Gasteiger partial charge in [0.05, 0.1) is 4.90 Å². The van der Waals surface area contributed by atoms with Gasteiger partial charge in [0, 0.05) is 6.54 Å². The van der Waals surface area contributed by atoms with E-state index in [0.29, 0.717) is 11.4 Å². The Kier molecular flexibility index (Phi) is 6.08. The summed E-state index contributed by atoms with van der Waals surface area (Å²) in [6, 6.07) is 6.70. The maximum Gasteiger partial charge on any atom is 0.263 e. The number of sulfonamides is 1. The van der Waals surface area contributed by atoms with Gasteiger partial charge in [-0.25, -0.2) is 12.8 Å². The highest BCUT2D eigenvalue weighted by Gasteiger charge is 2.18. The van der Waals surface area contributed by atoms with Gasteiger partial charge in [-0.2, -0.15) is 0 Å². The third-order valence-electron chi connectivity index (χ3n) is 3.42. The largest absolute Gasteiger partial charge is 0.369 e. The number of nitrogens with zero attached hydrogens (tertiary/aromatic N) is 2. The Hall–Kier alpha value is -2.22. The first kappa shape index (κ1) is 18.1. The summed E-state index contributed by atoms with van der Waals surface area (Å²) in [5.74, 6) is 0.217. The lowest BCUT2D eigenvalue weighted by atomic mass is 10.2. The monoisotopic (exact) mass is 352 g/mol. The lowest BCUT2D eigenvalue weighted by molar-refractivity contribution is 0.598. The minimum atomic E-state index is -3.84. The fraction of sp³-hybridized carbons (Fsp3) is 0.375. The molecule has 0 aliphatic heterocycles. The number of aryl methyl sites for hydroxylation is 1. The van der Waals surface area contributed by atoms with Gasteiger partial charge < -0.3 is 5.32 Å². The van der Waals surface area contributed by atoms with Crippen LogP contribution in [0.5, 0.6) is 0 Å². The fourth-order valence-electron chi connectivity index (χ4n) is 2.18. The molecular formula is C16H21FN4O2S. The van der Waals surface area contributed by atoms with E-state index in [2.05, 4.69) is 27.2 Å². The van der Waals surface area contributed by atoms with Gasteiger partial charge in [-0.15, -0.1) is 10.2 Å². The number of hydrogen-bond acceptors (Lipinski definition) is 5. The molecule has 1 aromatic heterocycles. The van der Waals surface area contributed by atoms with Crippen LogP contribution in [0.1, 0.15) is 31.7 Å². The first-order chi connectivity index (χ1) is 11.4. The molecule has 0 bridgehead atoms. The summed E-state index contributed by atoms with van der Waals surface area (Å²) in [7, 11) is -3.84. The molecular weight excluding hydrogens is 331 g/mol. The minimum absolute atomic E-state index is 0.00691. The third kappa shape index (κ3) is 4.89. The number of anilines is 2. The molecule has 2 aromatic rings. The number of nitrogens with one attached hydrogen (secondary N) is 2. The van der Waals surface area contributed by atoms with Crippen LogP contribution in [-0.2, 0) is 10.0 Å². The number of hydrogen-bond donors (Lipinski definition) is 2. The Bertz CT molecular complexity index is 779. The average Bonchev–Trinajstić information content (AvgIpc) is 2.52. The van der Waals surface area contributed by atoms with Crippen molar-refractivity contribution in [1.82, 2.24) is 10.2 Å². The summed E-state index contributed by atoms with van der Waals surface area (Å²) >= 11 is 0. The molecule has 6 nitrogen and oxygen atoms in total. The second kappa shape index (κ2) is 8.05. The van der Waals surface area contributed by atoms with E-state index >= 15 is 0 Å². The van der Waals surface area contributed by atoms with Crippen LogP contribution >= 0.6 is 0 Å². The van der Waals surface area contributed by atoms with Crippen LogP contribution in [0, 0.1) is 12.7 Å². The quantitative estimate of drug-likeness (QED) is 0.712. The first-order valence-electron chi connectivity index (χ1n) is 7.79. The molecule has 0 spiro atoms. The lowest BCUT2D eigenvalue weighted by Gasteiger charge is -2.10. The molecule has 24 heavy (non-hydrogen) atoms. The van der Waals surface area contributed by atoms with E-state index in [4.69, 9.17) is 0 Å². The maximum atomic E-state index is 13.1. The lowest BCUT2D eigenvalue weighted by Crippen LogP contribution is -2.16. The van der Waals surface area contributed by atoms with Gasteiger partial charge in [0.1, 0.15) is 11.6 Å². The second-order valence-electron chi connectivity index (χ2n) is 5.45. The van der Waals surface area contributed by atoms with Gasteiger partial charge in [-0.3, -0.25) is 4.72 Å². The SMILES string of the molecule is CCCCCNc1ccc(NS(=O)(=O)c2ccc(F)cc2C)nn1. The van der Waals surface area contributed by atoms with Gasteiger partial charge >= 0.3 is 0 Å². The normalized spacial score (nSPS) is 11.3. The molecule has 1 aromatic carbocycles. The molecule has 0 fully saturated rings. The molecule has 1 heterocycles. The molecule has 0 saturated carbocycles. The standard InChI is InChI=1S/C16H21FN4O2S/c1-3-4-5-10-18-15-8-9-16(20-19-15)21-24(22,23)14-7-6-13(17)11-12(14)2/h6-9,11H,3-5,10H2,1-2H3,(H,18,19)(H,20,21). The molecule has 0 radical (unpaired) electrons. The topological polar surface area (TPSA) is 84.0 Å². The van der Waals surface area contributed by atoms with E-state index in [1.807, 2.05) is 0 Å². The van der Waals surface area contributed by atoms with Gasteiger partial charge in [0.15, 0.2) is 5.82 Å². The van der Waals surface area contributed by atoms with Crippen LogP contribution in [0.2, 0.25) is 0 Å². The van der Waals surface area contributed by atoms with Crippen molar-refractivity contribution in [2.24, 2.45) is 0 Å². The number of rotatable bonds is 8. The van der Waals surface area contributed by atoms with E-state index in [-0.39, 0.29) is 10.7 Å². The van der Waals surface area contributed by atoms with Crippen LogP contribution in [0.15, 0.2) is 35.2 Å². The Morgan fingerprint density at radius 1 is 1.08 bits per heavy atom. The van der Waals surface area contributed by atoms with Gasteiger partial charge in [0.2, 0.25) is 0 Å². The summed E-state index contributed by atoms with van der Waals surface area (Å²) < 4.78 is 40.2. The maximum absolute atomic E-state index is 13.1.